The van der Waals surface area contributed by atoms with Crippen LogP contribution in [0.25, 0.3) is 0 Å². The highest BCUT2D eigenvalue weighted by Gasteiger charge is 2.53. The van der Waals surface area contributed by atoms with Crippen molar-refractivity contribution in [1.82, 2.24) is 0 Å². The standard InChI is InChI=1S/C19H32O4/c1-14(2)8-9-16(20)15(3)7-6-11-18(4)17-10-12-19(21-5,23-17)13-22-18/h15,17H,1,6-13H2,2-5H3. The zero-order chi connectivity index (χ0) is 17.1. The molecule has 0 aromatic heterocycles. The Bertz CT molecular complexity index is 447. The summed E-state index contributed by atoms with van der Waals surface area (Å²) in [6.07, 6.45) is 6.23. The lowest BCUT2D eigenvalue weighted by Gasteiger charge is -2.43. The Labute approximate surface area is 140 Å². The lowest BCUT2D eigenvalue weighted by atomic mass is 9.87. The van der Waals surface area contributed by atoms with Gasteiger partial charge in [-0.3, -0.25) is 4.79 Å². The van der Waals surface area contributed by atoms with Crippen LogP contribution in [0.3, 0.4) is 0 Å². The molecule has 2 rings (SSSR count). The minimum atomic E-state index is -0.518. The van der Waals surface area contributed by atoms with Crippen LogP contribution in [0.5, 0.6) is 0 Å². The van der Waals surface area contributed by atoms with Gasteiger partial charge in [-0.05, 0) is 46.0 Å². The molecule has 4 nitrogen and oxygen atoms in total. The molecule has 4 unspecified atom stereocenters. The molecular weight excluding hydrogens is 292 g/mol. The molecule has 0 spiro atoms. The average molecular weight is 324 g/mol. The number of fused-ring (bicyclic) bond motifs is 2. The molecule has 2 fully saturated rings. The molecule has 0 aliphatic carbocycles. The van der Waals surface area contributed by atoms with Crippen molar-refractivity contribution in [3.63, 3.8) is 0 Å². The van der Waals surface area contributed by atoms with E-state index < -0.39 is 5.79 Å². The molecule has 0 amide bonds. The van der Waals surface area contributed by atoms with Gasteiger partial charge in [-0.2, -0.15) is 0 Å². The second-order valence-electron chi connectivity index (χ2n) is 7.58. The van der Waals surface area contributed by atoms with Crippen molar-refractivity contribution in [2.24, 2.45) is 5.92 Å². The summed E-state index contributed by atoms with van der Waals surface area (Å²) in [5.41, 5.74) is 0.826. The number of allylic oxidation sites excluding steroid dienone is 1. The molecule has 0 N–H and O–H groups in total. The van der Waals surface area contributed by atoms with E-state index in [1.165, 1.54) is 0 Å². The van der Waals surface area contributed by atoms with Crippen LogP contribution in [0.2, 0.25) is 0 Å². The molecular formula is C19H32O4. The molecule has 0 aromatic rings. The minimum Gasteiger partial charge on any atom is -0.367 e. The molecule has 0 radical (unpaired) electrons. The highest BCUT2D eigenvalue weighted by molar-refractivity contribution is 5.80. The van der Waals surface area contributed by atoms with Gasteiger partial charge in [0.25, 0.3) is 0 Å². The smallest absolute Gasteiger partial charge is 0.192 e. The molecule has 132 valence electrons. The average Bonchev–Trinajstić information content (AvgIpc) is 2.91. The Hall–Kier alpha value is -0.710. The summed E-state index contributed by atoms with van der Waals surface area (Å²) in [6.45, 7) is 10.5. The molecule has 2 saturated heterocycles. The van der Waals surface area contributed by atoms with Gasteiger partial charge in [0.15, 0.2) is 5.79 Å². The Morgan fingerprint density at radius 3 is 2.83 bits per heavy atom. The van der Waals surface area contributed by atoms with Crippen molar-refractivity contribution >= 4 is 5.78 Å². The third-order valence-corrected chi connectivity index (χ3v) is 5.48. The van der Waals surface area contributed by atoms with Crippen LogP contribution in [0.15, 0.2) is 12.2 Å². The largest absolute Gasteiger partial charge is 0.367 e. The van der Waals surface area contributed by atoms with E-state index in [4.69, 9.17) is 14.2 Å². The number of methoxy groups -OCH3 is 1. The molecule has 2 aliphatic rings. The Balaban J connectivity index is 1.75. The molecule has 0 aromatic carbocycles. The molecule has 2 heterocycles. The maximum absolute atomic E-state index is 12.1. The van der Waals surface area contributed by atoms with Crippen LogP contribution in [-0.4, -0.2) is 37.0 Å². The minimum absolute atomic E-state index is 0.102. The second-order valence-corrected chi connectivity index (χ2v) is 7.58. The fourth-order valence-electron chi connectivity index (χ4n) is 3.58. The van der Waals surface area contributed by atoms with Crippen LogP contribution in [0.4, 0.5) is 0 Å². The fraction of sp³-hybridized carbons (Fsp3) is 0.842. The second kappa shape index (κ2) is 7.45. The quantitative estimate of drug-likeness (QED) is 0.601. The van der Waals surface area contributed by atoms with E-state index in [1.807, 2.05) is 13.8 Å². The van der Waals surface area contributed by atoms with Crippen LogP contribution >= 0.6 is 0 Å². The Kier molecular flexibility index (Phi) is 6.04. The normalized spacial score (nSPS) is 34.3. The van der Waals surface area contributed by atoms with Crippen molar-refractivity contribution in [2.75, 3.05) is 13.7 Å². The fourth-order valence-corrected chi connectivity index (χ4v) is 3.58. The number of rotatable bonds is 9. The zero-order valence-electron chi connectivity index (χ0n) is 15.2. The van der Waals surface area contributed by atoms with Crippen molar-refractivity contribution in [2.45, 2.75) is 83.2 Å². The van der Waals surface area contributed by atoms with Gasteiger partial charge in [0.2, 0.25) is 0 Å². The van der Waals surface area contributed by atoms with E-state index in [0.717, 1.165) is 44.1 Å². The third-order valence-electron chi connectivity index (χ3n) is 5.48. The molecule has 4 atom stereocenters. The lowest BCUT2D eigenvalue weighted by Crippen LogP contribution is -2.53. The van der Waals surface area contributed by atoms with E-state index in [-0.39, 0.29) is 17.6 Å². The number of carbonyl (C=O) groups excluding carboxylic acids is 1. The number of ketones is 1. The summed E-state index contributed by atoms with van der Waals surface area (Å²) in [5, 5.41) is 0. The summed E-state index contributed by atoms with van der Waals surface area (Å²) < 4.78 is 17.7. The van der Waals surface area contributed by atoms with Gasteiger partial charge in [-0.15, -0.1) is 6.58 Å². The van der Waals surface area contributed by atoms with Gasteiger partial charge in [-0.25, -0.2) is 0 Å². The number of ether oxygens (including phenoxy) is 3. The summed E-state index contributed by atoms with van der Waals surface area (Å²) in [7, 11) is 1.69. The third kappa shape index (κ3) is 4.43. The molecule has 2 aliphatic heterocycles. The SMILES string of the molecule is C=C(C)CCC(=O)C(C)CCCC1(C)OCC2(OC)CCC1O2. The maximum atomic E-state index is 12.1. The van der Waals surface area contributed by atoms with Crippen LogP contribution in [-0.2, 0) is 19.0 Å². The first-order valence-corrected chi connectivity index (χ1v) is 8.84. The predicted octanol–water partition coefficient (Wildman–Crippen LogP) is 4.03. The first kappa shape index (κ1) is 18.6. The van der Waals surface area contributed by atoms with Gasteiger partial charge in [0, 0.05) is 25.9 Å². The number of carbonyl (C=O) groups is 1. The summed E-state index contributed by atoms with van der Waals surface area (Å²) >= 11 is 0. The van der Waals surface area contributed by atoms with Gasteiger partial charge < -0.3 is 14.2 Å². The molecule has 4 heteroatoms. The van der Waals surface area contributed by atoms with Gasteiger partial charge in [0.1, 0.15) is 12.4 Å². The highest BCUT2D eigenvalue weighted by atomic mass is 16.7. The first-order valence-electron chi connectivity index (χ1n) is 8.84. The van der Waals surface area contributed by atoms with E-state index in [2.05, 4.69) is 13.5 Å². The predicted molar refractivity (Wildman–Crippen MR) is 90.3 cm³/mol. The molecule has 23 heavy (non-hydrogen) atoms. The van der Waals surface area contributed by atoms with Gasteiger partial charge >= 0.3 is 0 Å². The van der Waals surface area contributed by atoms with Crippen molar-refractivity contribution < 1.29 is 19.0 Å². The maximum Gasteiger partial charge on any atom is 0.192 e. The lowest BCUT2D eigenvalue weighted by molar-refractivity contribution is -0.320. The first-order chi connectivity index (χ1) is 10.8. The Morgan fingerprint density at radius 1 is 1.43 bits per heavy atom. The highest BCUT2D eigenvalue weighted by Crippen LogP contribution is 2.45. The summed E-state index contributed by atoms with van der Waals surface area (Å²) in [6, 6.07) is 0. The van der Waals surface area contributed by atoms with Crippen LogP contribution in [0.1, 0.15) is 65.7 Å². The van der Waals surface area contributed by atoms with Gasteiger partial charge in [-0.1, -0.05) is 12.5 Å². The van der Waals surface area contributed by atoms with E-state index in [9.17, 15) is 4.79 Å². The van der Waals surface area contributed by atoms with E-state index in [0.29, 0.717) is 18.8 Å². The van der Waals surface area contributed by atoms with Crippen molar-refractivity contribution in [1.29, 1.82) is 0 Å². The number of hydrogen-bond donors (Lipinski definition) is 0. The van der Waals surface area contributed by atoms with Crippen LogP contribution in [0, 0.1) is 5.92 Å². The van der Waals surface area contributed by atoms with E-state index in [1.54, 1.807) is 7.11 Å². The summed E-state index contributed by atoms with van der Waals surface area (Å²) in [5.74, 6) is -0.0574. The zero-order valence-corrected chi connectivity index (χ0v) is 15.2. The molecule has 0 saturated carbocycles. The van der Waals surface area contributed by atoms with Crippen molar-refractivity contribution in [3.05, 3.63) is 12.2 Å². The number of hydrogen-bond acceptors (Lipinski definition) is 4. The van der Waals surface area contributed by atoms with Crippen molar-refractivity contribution in [3.8, 4) is 0 Å². The Morgan fingerprint density at radius 2 is 2.17 bits per heavy atom. The summed E-state index contributed by atoms with van der Waals surface area (Å²) in [4.78, 5) is 12.1. The van der Waals surface area contributed by atoms with E-state index >= 15 is 0 Å². The number of Topliss-reactive ketones (excluding diaryl/α,β-unsaturated/α-hetero) is 1. The van der Waals surface area contributed by atoms with Crippen LogP contribution < -0.4 is 0 Å². The van der Waals surface area contributed by atoms with Gasteiger partial charge in [0.05, 0.1) is 11.7 Å². The monoisotopic (exact) mass is 324 g/mol. The topological polar surface area (TPSA) is 44.8 Å². The molecule has 2 bridgehead atoms.